The van der Waals surface area contributed by atoms with E-state index >= 15 is 0 Å². The van der Waals surface area contributed by atoms with E-state index in [1.807, 2.05) is 6.92 Å². The van der Waals surface area contributed by atoms with Crippen LogP contribution < -0.4 is 5.32 Å². The number of aliphatic hydroxyl groups is 1. The van der Waals surface area contributed by atoms with Crippen LogP contribution in [0.3, 0.4) is 0 Å². The highest BCUT2D eigenvalue weighted by molar-refractivity contribution is 4.86. The van der Waals surface area contributed by atoms with Gasteiger partial charge >= 0.3 is 0 Å². The topological polar surface area (TPSA) is 32.3 Å². The van der Waals surface area contributed by atoms with Crippen LogP contribution in [0.4, 0.5) is 0 Å². The second-order valence-corrected chi connectivity index (χ2v) is 5.11. The molecular weight excluding hydrogens is 174 g/mol. The maximum absolute atomic E-state index is 9.46. The van der Waals surface area contributed by atoms with Crippen LogP contribution in [0, 0.1) is 11.8 Å². The van der Waals surface area contributed by atoms with Gasteiger partial charge in [-0.05, 0) is 38.5 Å². The normalized spacial score (nSPS) is 37.9. The van der Waals surface area contributed by atoms with E-state index in [9.17, 15) is 5.11 Å². The van der Waals surface area contributed by atoms with Crippen LogP contribution in [0.2, 0.25) is 0 Å². The molecule has 4 unspecified atom stereocenters. The van der Waals surface area contributed by atoms with Gasteiger partial charge in [0.15, 0.2) is 0 Å². The van der Waals surface area contributed by atoms with Crippen molar-refractivity contribution in [2.24, 2.45) is 11.8 Å². The fourth-order valence-corrected chi connectivity index (χ4v) is 2.45. The number of aliphatic hydroxyl groups excluding tert-OH is 1. The highest BCUT2D eigenvalue weighted by atomic mass is 16.3. The molecule has 4 atom stereocenters. The first-order valence-electron chi connectivity index (χ1n) is 5.96. The number of hydrogen-bond donors (Lipinski definition) is 2. The summed E-state index contributed by atoms with van der Waals surface area (Å²) in [6, 6.07) is 0.802. The van der Waals surface area contributed by atoms with E-state index in [0.717, 1.165) is 11.8 Å². The molecule has 0 heterocycles. The third-order valence-corrected chi connectivity index (χ3v) is 3.72. The first-order chi connectivity index (χ1) is 6.52. The van der Waals surface area contributed by atoms with E-state index in [1.165, 1.54) is 19.3 Å². The Labute approximate surface area is 88.1 Å². The summed E-state index contributed by atoms with van der Waals surface area (Å²) in [6.07, 6.45) is 3.77. The van der Waals surface area contributed by atoms with E-state index in [-0.39, 0.29) is 12.1 Å². The van der Waals surface area contributed by atoms with Crippen LogP contribution >= 0.6 is 0 Å². The molecule has 0 amide bonds. The van der Waals surface area contributed by atoms with Crippen molar-refractivity contribution >= 4 is 0 Å². The standard InChI is InChI=1S/C12H25NO/c1-8-6-5-7-9(2)12(8)13-10(3)11(4)14/h8-14H,5-7H2,1-4H3. The molecule has 1 fully saturated rings. The smallest absolute Gasteiger partial charge is 0.0662 e. The number of hydrogen-bond acceptors (Lipinski definition) is 2. The Bertz CT molecular complexity index is 160. The minimum Gasteiger partial charge on any atom is -0.392 e. The highest BCUT2D eigenvalue weighted by Gasteiger charge is 2.29. The largest absolute Gasteiger partial charge is 0.392 e. The Morgan fingerprint density at radius 3 is 2.07 bits per heavy atom. The van der Waals surface area contributed by atoms with E-state index in [0.29, 0.717) is 6.04 Å². The molecule has 0 radical (unpaired) electrons. The van der Waals surface area contributed by atoms with Gasteiger partial charge in [-0.15, -0.1) is 0 Å². The highest BCUT2D eigenvalue weighted by Crippen LogP contribution is 2.29. The fourth-order valence-electron chi connectivity index (χ4n) is 2.45. The molecule has 0 aromatic heterocycles. The Hall–Kier alpha value is -0.0800. The second kappa shape index (κ2) is 5.13. The fraction of sp³-hybridized carbons (Fsp3) is 1.00. The van der Waals surface area contributed by atoms with Crippen molar-refractivity contribution in [2.75, 3.05) is 0 Å². The monoisotopic (exact) mass is 199 g/mol. The van der Waals surface area contributed by atoms with Gasteiger partial charge in [0.1, 0.15) is 0 Å². The lowest BCUT2D eigenvalue weighted by atomic mass is 9.78. The van der Waals surface area contributed by atoms with Crippen molar-refractivity contribution in [3.8, 4) is 0 Å². The lowest BCUT2D eigenvalue weighted by molar-refractivity contribution is 0.116. The van der Waals surface area contributed by atoms with Gasteiger partial charge in [0.25, 0.3) is 0 Å². The van der Waals surface area contributed by atoms with E-state index in [2.05, 4.69) is 26.1 Å². The molecule has 2 heteroatoms. The molecule has 1 saturated carbocycles. The van der Waals surface area contributed by atoms with Crippen LogP contribution in [0.1, 0.15) is 47.0 Å². The average molecular weight is 199 g/mol. The first-order valence-corrected chi connectivity index (χ1v) is 5.96. The predicted molar refractivity (Wildman–Crippen MR) is 60.2 cm³/mol. The first kappa shape index (κ1) is 12.0. The molecule has 84 valence electrons. The van der Waals surface area contributed by atoms with Gasteiger partial charge in [0, 0.05) is 12.1 Å². The summed E-state index contributed by atoms with van der Waals surface area (Å²) in [4.78, 5) is 0. The minimum atomic E-state index is -0.253. The minimum absolute atomic E-state index is 0.211. The van der Waals surface area contributed by atoms with E-state index in [1.54, 1.807) is 0 Å². The molecule has 0 saturated heterocycles. The Balaban J connectivity index is 2.47. The molecule has 1 aliphatic rings. The van der Waals surface area contributed by atoms with Gasteiger partial charge in [0.2, 0.25) is 0 Å². The maximum atomic E-state index is 9.46. The Morgan fingerprint density at radius 2 is 1.64 bits per heavy atom. The average Bonchev–Trinajstić information content (AvgIpc) is 2.11. The molecule has 2 nitrogen and oxygen atoms in total. The van der Waals surface area contributed by atoms with Gasteiger partial charge < -0.3 is 10.4 Å². The molecule has 2 N–H and O–H groups in total. The Kier molecular flexibility index (Phi) is 4.39. The molecule has 0 aromatic rings. The molecule has 0 spiro atoms. The zero-order valence-electron chi connectivity index (χ0n) is 9.96. The van der Waals surface area contributed by atoms with Crippen molar-refractivity contribution in [1.29, 1.82) is 0 Å². The van der Waals surface area contributed by atoms with Crippen molar-refractivity contribution in [2.45, 2.75) is 65.1 Å². The molecule has 1 rings (SSSR count). The van der Waals surface area contributed by atoms with E-state index < -0.39 is 0 Å². The van der Waals surface area contributed by atoms with Gasteiger partial charge in [-0.2, -0.15) is 0 Å². The second-order valence-electron chi connectivity index (χ2n) is 5.11. The quantitative estimate of drug-likeness (QED) is 0.730. The summed E-state index contributed by atoms with van der Waals surface area (Å²) in [6.45, 7) is 8.57. The number of rotatable bonds is 3. The zero-order valence-corrected chi connectivity index (χ0v) is 9.96. The van der Waals surface area contributed by atoms with E-state index in [4.69, 9.17) is 0 Å². The van der Waals surface area contributed by atoms with Crippen LogP contribution in [-0.4, -0.2) is 23.3 Å². The van der Waals surface area contributed by atoms with Crippen molar-refractivity contribution in [1.82, 2.24) is 5.32 Å². The lowest BCUT2D eigenvalue weighted by Crippen LogP contribution is -2.49. The van der Waals surface area contributed by atoms with Crippen LogP contribution in [0.5, 0.6) is 0 Å². The van der Waals surface area contributed by atoms with Crippen LogP contribution in [-0.2, 0) is 0 Å². The lowest BCUT2D eigenvalue weighted by Gasteiger charge is -2.37. The van der Waals surface area contributed by atoms with Gasteiger partial charge in [-0.3, -0.25) is 0 Å². The summed E-state index contributed by atoms with van der Waals surface area (Å²) in [7, 11) is 0. The van der Waals surface area contributed by atoms with Gasteiger partial charge in [-0.1, -0.05) is 20.3 Å². The predicted octanol–water partition coefficient (Wildman–Crippen LogP) is 2.17. The maximum Gasteiger partial charge on any atom is 0.0662 e. The molecule has 0 aliphatic heterocycles. The summed E-state index contributed by atoms with van der Waals surface area (Å²) >= 11 is 0. The van der Waals surface area contributed by atoms with Crippen molar-refractivity contribution in [3.05, 3.63) is 0 Å². The molecule has 0 bridgehead atoms. The molecule has 14 heavy (non-hydrogen) atoms. The van der Waals surface area contributed by atoms with Crippen LogP contribution in [0.15, 0.2) is 0 Å². The zero-order chi connectivity index (χ0) is 10.7. The number of nitrogens with one attached hydrogen (secondary N) is 1. The van der Waals surface area contributed by atoms with Gasteiger partial charge in [0.05, 0.1) is 6.10 Å². The van der Waals surface area contributed by atoms with Crippen molar-refractivity contribution in [3.63, 3.8) is 0 Å². The third-order valence-electron chi connectivity index (χ3n) is 3.72. The van der Waals surface area contributed by atoms with Crippen LogP contribution in [0.25, 0.3) is 0 Å². The summed E-state index contributed by atoms with van der Waals surface area (Å²) in [5.74, 6) is 1.50. The molecule has 1 aliphatic carbocycles. The van der Waals surface area contributed by atoms with Crippen molar-refractivity contribution < 1.29 is 5.11 Å². The molecular formula is C12H25NO. The van der Waals surface area contributed by atoms with Gasteiger partial charge in [-0.25, -0.2) is 0 Å². The third kappa shape index (κ3) is 2.96. The summed E-state index contributed by atoms with van der Waals surface area (Å²) in [5.41, 5.74) is 0. The Morgan fingerprint density at radius 1 is 1.14 bits per heavy atom. The molecule has 0 aromatic carbocycles. The SMILES string of the molecule is CC(O)C(C)NC1C(C)CCCC1C. The summed E-state index contributed by atoms with van der Waals surface area (Å²) in [5, 5.41) is 13.0. The summed E-state index contributed by atoms with van der Waals surface area (Å²) < 4.78 is 0.